The van der Waals surface area contributed by atoms with Crippen molar-refractivity contribution in [2.75, 3.05) is 5.32 Å². The number of rotatable bonds is 5. The summed E-state index contributed by atoms with van der Waals surface area (Å²) < 4.78 is 2.58. The first-order valence-corrected chi connectivity index (χ1v) is 9.51. The highest BCUT2D eigenvalue weighted by molar-refractivity contribution is 6.01. The molecule has 0 fully saturated rings. The summed E-state index contributed by atoms with van der Waals surface area (Å²) in [7, 11) is 0. The molecule has 0 bridgehead atoms. The van der Waals surface area contributed by atoms with Crippen molar-refractivity contribution in [1.29, 1.82) is 0 Å². The number of nitrogens with zero attached hydrogens (tertiary/aromatic N) is 4. The minimum atomic E-state index is -1.28. The van der Waals surface area contributed by atoms with Crippen molar-refractivity contribution in [3.63, 3.8) is 0 Å². The minimum absolute atomic E-state index is 0.187. The van der Waals surface area contributed by atoms with Crippen LogP contribution in [-0.4, -0.2) is 36.5 Å². The second-order valence-corrected chi connectivity index (χ2v) is 7.00. The van der Waals surface area contributed by atoms with Crippen molar-refractivity contribution in [2.24, 2.45) is 0 Å². The Bertz CT molecular complexity index is 1370. The van der Waals surface area contributed by atoms with Gasteiger partial charge in [-0.05, 0) is 32.0 Å². The number of aromatic nitrogens is 4. The molecule has 4 rings (SSSR count). The number of carboxylic acid groups (broad SMARTS) is 1. The van der Waals surface area contributed by atoms with Crippen LogP contribution in [0.25, 0.3) is 16.5 Å². The lowest BCUT2D eigenvalue weighted by Crippen LogP contribution is -2.31. The molecule has 2 N–H and O–H groups in total. The summed E-state index contributed by atoms with van der Waals surface area (Å²) in [6.07, 6.45) is 0. The van der Waals surface area contributed by atoms with Crippen LogP contribution in [0.5, 0.6) is 0 Å². The summed E-state index contributed by atoms with van der Waals surface area (Å²) in [5.41, 5.74) is 1.89. The maximum atomic E-state index is 12.7. The van der Waals surface area contributed by atoms with Crippen LogP contribution in [-0.2, 0) is 11.3 Å². The molecule has 4 aromatic rings. The van der Waals surface area contributed by atoms with Crippen molar-refractivity contribution >= 4 is 28.3 Å². The standard InChI is InChI=1S/C22H19N5O4/c1-13-19(14(2)27(24-13)15-8-4-3-5-9-15)23-18(28)12-26-21(29)17-11-7-6-10-16(17)20(25-26)22(30)31/h3-11H,12H2,1-2H3,(H,23,28)(H,30,31). The summed E-state index contributed by atoms with van der Waals surface area (Å²) in [6.45, 7) is 3.16. The summed E-state index contributed by atoms with van der Waals surface area (Å²) in [5, 5.41) is 21.0. The lowest BCUT2D eigenvalue weighted by atomic mass is 10.1. The van der Waals surface area contributed by atoms with E-state index in [2.05, 4.69) is 15.5 Å². The lowest BCUT2D eigenvalue weighted by Gasteiger charge is -2.10. The highest BCUT2D eigenvalue weighted by atomic mass is 16.4. The normalized spacial score (nSPS) is 10.9. The fourth-order valence-corrected chi connectivity index (χ4v) is 3.46. The molecule has 0 radical (unpaired) electrons. The molecule has 0 saturated carbocycles. The Morgan fingerprint density at radius 1 is 0.968 bits per heavy atom. The first kappa shape index (κ1) is 20.0. The van der Waals surface area contributed by atoms with Crippen LogP contribution in [0.1, 0.15) is 21.9 Å². The van der Waals surface area contributed by atoms with E-state index in [0.717, 1.165) is 16.1 Å². The van der Waals surface area contributed by atoms with E-state index in [4.69, 9.17) is 0 Å². The van der Waals surface area contributed by atoms with Crippen molar-refractivity contribution in [3.8, 4) is 5.69 Å². The Kier molecular flexibility index (Phi) is 5.08. The number of anilines is 1. The van der Waals surface area contributed by atoms with E-state index in [9.17, 15) is 19.5 Å². The first-order chi connectivity index (χ1) is 14.9. The predicted octanol–water partition coefficient (Wildman–Crippen LogP) is 2.54. The molecular formula is C22H19N5O4. The molecule has 156 valence electrons. The van der Waals surface area contributed by atoms with Gasteiger partial charge in [0.05, 0.1) is 28.1 Å². The Morgan fingerprint density at radius 3 is 2.29 bits per heavy atom. The van der Waals surface area contributed by atoms with E-state index in [-0.39, 0.29) is 16.5 Å². The van der Waals surface area contributed by atoms with Gasteiger partial charge in [-0.3, -0.25) is 9.59 Å². The fourth-order valence-electron chi connectivity index (χ4n) is 3.46. The highest BCUT2D eigenvalue weighted by Crippen LogP contribution is 2.22. The number of aryl methyl sites for hydroxylation is 1. The van der Waals surface area contributed by atoms with E-state index in [1.54, 1.807) is 23.7 Å². The molecule has 0 atom stereocenters. The zero-order valence-electron chi connectivity index (χ0n) is 16.9. The maximum Gasteiger partial charge on any atom is 0.357 e. The SMILES string of the molecule is Cc1nn(-c2ccccc2)c(C)c1NC(=O)Cn1nc(C(=O)O)c2ccccc2c1=O. The van der Waals surface area contributed by atoms with Gasteiger partial charge in [0.25, 0.3) is 5.56 Å². The van der Waals surface area contributed by atoms with E-state index in [1.165, 1.54) is 12.1 Å². The number of carbonyl (C=O) groups excluding carboxylic acids is 1. The molecule has 9 heteroatoms. The minimum Gasteiger partial charge on any atom is -0.476 e. The van der Waals surface area contributed by atoms with Gasteiger partial charge in [-0.25, -0.2) is 14.2 Å². The predicted molar refractivity (Wildman–Crippen MR) is 115 cm³/mol. The first-order valence-electron chi connectivity index (χ1n) is 9.51. The van der Waals surface area contributed by atoms with Gasteiger partial charge in [0.1, 0.15) is 6.54 Å². The number of aromatic carboxylic acids is 1. The van der Waals surface area contributed by atoms with Crippen molar-refractivity contribution < 1.29 is 14.7 Å². The molecule has 0 aliphatic heterocycles. The van der Waals surface area contributed by atoms with Crippen LogP contribution < -0.4 is 10.9 Å². The third-order valence-electron chi connectivity index (χ3n) is 4.92. The molecular weight excluding hydrogens is 398 g/mol. The van der Waals surface area contributed by atoms with Gasteiger partial charge in [0.15, 0.2) is 5.69 Å². The molecule has 2 aromatic heterocycles. The fraction of sp³-hybridized carbons (Fsp3) is 0.136. The molecule has 0 spiro atoms. The molecule has 0 aliphatic rings. The van der Waals surface area contributed by atoms with Gasteiger partial charge in [-0.15, -0.1) is 0 Å². The number of carboxylic acids is 1. The Balaban J connectivity index is 1.65. The molecule has 2 aromatic carbocycles. The average molecular weight is 417 g/mol. The zero-order chi connectivity index (χ0) is 22.1. The summed E-state index contributed by atoms with van der Waals surface area (Å²) in [5.74, 6) is -1.79. The number of carbonyl (C=O) groups is 2. The smallest absolute Gasteiger partial charge is 0.357 e. The summed E-state index contributed by atoms with van der Waals surface area (Å²) in [4.78, 5) is 37.0. The van der Waals surface area contributed by atoms with Crippen molar-refractivity contribution in [1.82, 2.24) is 19.6 Å². The molecule has 0 saturated heterocycles. The second-order valence-electron chi connectivity index (χ2n) is 7.00. The summed E-state index contributed by atoms with van der Waals surface area (Å²) >= 11 is 0. The maximum absolute atomic E-state index is 12.7. The third-order valence-corrected chi connectivity index (χ3v) is 4.92. The second kappa shape index (κ2) is 7.86. The number of nitrogens with one attached hydrogen (secondary N) is 1. The van der Waals surface area contributed by atoms with Crippen molar-refractivity contribution in [2.45, 2.75) is 20.4 Å². The highest BCUT2D eigenvalue weighted by Gasteiger charge is 2.19. The van der Waals surface area contributed by atoms with Gasteiger partial charge in [-0.1, -0.05) is 36.4 Å². The quantitative estimate of drug-likeness (QED) is 0.515. The molecule has 31 heavy (non-hydrogen) atoms. The topological polar surface area (TPSA) is 119 Å². The molecule has 9 nitrogen and oxygen atoms in total. The van der Waals surface area contributed by atoms with Gasteiger partial charge in [0, 0.05) is 5.39 Å². The van der Waals surface area contributed by atoms with Gasteiger partial charge < -0.3 is 10.4 Å². The van der Waals surface area contributed by atoms with Crippen LogP contribution in [0.15, 0.2) is 59.4 Å². The zero-order valence-corrected chi connectivity index (χ0v) is 16.9. The third kappa shape index (κ3) is 3.68. The number of hydrogen-bond acceptors (Lipinski definition) is 5. The van der Waals surface area contributed by atoms with E-state index < -0.39 is 24.0 Å². The van der Waals surface area contributed by atoms with Gasteiger partial charge >= 0.3 is 5.97 Å². The largest absolute Gasteiger partial charge is 0.476 e. The Labute approximate surface area is 176 Å². The number of fused-ring (bicyclic) bond motifs is 1. The number of para-hydroxylation sites is 1. The van der Waals surface area contributed by atoms with Gasteiger partial charge in [-0.2, -0.15) is 10.2 Å². The number of hydrogen-bond donors (Lipinski definition) is 2. The van der Waals surface area contributed by atoms with Crippen LogP contribution in [0.2, 0.25) is 0 Å². The lowest BCUT2D eigenvalue weighted by molar-refractivity contribution is -0.117. The monoisotopic (exact) mass is 417 g/mol. The van der Waals surface area contributed by atoms with E-state index in [1.807, 2.05) is 37.3 Å². The van der Waals surface area contributed by atoms with Crippen LogP contribution in [0.3, 0.4) is 0 Å². The van der Waals surface area contributed by atoms with Crippen LogP contribution in [0.4, 0.5) is 5.69 Å². The van der Waals surface area contributed by atoms with Gasteiger partial charge in [0.2, 0.25) is 5.91 Å². The summed E-state index contributed by atoms with van der Waals surface area (Å²) in [6, 6.07) is 15.8. The number of amides is 1. The number of benzene rings is 2. The van der Waals surface area contributed by atoms with Crippen LogP contribution in [0, 0.1) is 13.8 Å². The Hall–Kier alpha value is -4.27. The van der Waals surface area contributed by atoms with Crippen molar-refractivity contribution in [3.05, 3.63) is 82.0 Å². The van der Waals surface area contributed by atoms with E-state index in [0.29, 0.717) is 11.4 Å². The van der Waals surface area contributed by atoms with Crippen LogP contribution >= 0.6 is 0 Å². The molecule has 2 heterocycles. The van der Waals surface area contributed by atoms with E-state index >= 15 is 0 Å². The molecule has 0 aliphatic carbocycles. The Morgan fingerprint density at radius 2 is 1.61 bits per heavy atom. The molecule has 0 unspecified atom stereocenters. The average Bonchev–Trinajstić information content (AvgIpc) is 3.04. The molecule has 1 amide bonds.